The lowest BCUT2D eigenvalue weighted by Crippen LogP contribution is -2.44. The molecule has 0 bridgehead atoms. The second-order valence-electron chi connectivity index (χ2n) is 8.42. The van der Waals surface area contributed by atoms with E-state index in [-0.39, 0.29) is 18.3 Å². The van der Waals surface area contributed by atoms with Crippen LogP contribution in [0.15, 0.2) is 36.4 Å². The van der Waals surface area contributed by atoms with Crippen LogP contribution in [0, 0.1) is 24.4 Å². The predicted molar refractivity (Wildman–Crippen MR) is 120 cm³/mol. The molecule has 2 amide bonds. The zero-order valence-corrected chi connectivity index (χ0v) is 18.4. The number of carbonyl (C=O) groups excluding carboxylic acids is 1. The lowest BCUT2D eigenvalue weighted by atomic mass is 10.00. The van der Waals surface area contributed by atoms with Crippen LogP contribution >= 0.6 is 0 Å². The zero-order chi connectivity index (χ0) is 24.0. The van der Waals surface area contributed by atoms with E-state index >= 15 is 0 Å². The van der Waals surface area contributed by atoms with Crippen LogP contribution in [-0.2, 0) is 6.54 Å². The lowest BCUT2D eigenvalue weighted by Gasteiger charge is -2.34. The second-order valence-corrected chi connectivity index (χ2v) is 8.42. The van der Waals surface area contributed by atoms with Gasteiger partial charge in [0, 0.05) is 24.2 Å². The number of urea groups is 1. The van der Waals surface area contributed by atoms with Gasteiger partial charge in [-0.1, -0.05) is 6.07 Å². The minimum Gasteiger partial charge on any atom is -0.393 e. The molecule has 0 unspecified atom stereocenters. The summed E-state index contributed by atoms with van der Waals surface area (Å²) in [5.74, 6) is -1.91. The Bertz CT molecular complexity index is 1260. The molecule has 0 spiro atoms. The van der Waals surface area contributed by atoms with Gasteiger partial charge in [0.25, 0.3) is 0 Å². The van der Waals surface area contributed by atoms with Crippen molar-refractivity contribution in [1.82, 2.24) is 15.3 Å². The highest BCUT2D eigenvalue weighted by Crippen LogP contribution is 2.39. The monoisotopic (exact) mass is 469 g/mol. The average molecular weight is 469 g/mol. The van der Waals surface area contributed by atoms with Crippen LogP contribution in [0.2, 0.25) is 0 Å². The van der Waals surface area contributed by atoms with E-state index in [2.05, 4.69) is 10.3 Å². The molecule has 0 atom stereocenters. The molecular weight excluding hydrogens is 447 g/mol. The Balaban J connectivity index is 1.75. The second kappa shape index (κ2) is 8.60. The number of aromatic nitrogens is 2. The molecule has 176 valence electrons. The Hall–Kier alpha value is -3.66. The first-order valence-electron chi connectivity index (χ1n) is 11.0. The fourth-order valence-corrected chi connectivity index (χ4v) is 4.38. The number of nitrogens with one attached hydrogen (secondary N) is 1. The molecule has 3 aromatic rings. The molecule has 2 N–H and O–H groups in total. The first kappa shape index (κ1) is 22.1. The van der Waals surface area contributed by atoms with E-state index in [1.165, 1.54) is 18.2 Å². The van der Waals surface area contributed by atoms with Crippen molar-refractivity contribution in [3.05, 3.63) is 65.0 Å². The molecule has 1 saturated heterocycles. The van der Waals surface area contributed by atoms with E-state index in [0.29, 0.717) is 48.3 Å². The molecule has 1 aromatic heterocycles. The van der Waals surface area contributed by atoms with Gasteiger partial charge in [0.15, 0.2) is 5.82 Å². The number of halogens is 3. The first-order valence-corrected chi connectivity index (χ1v) is 11.0. The van der Waals surface area contributed by atoms with Gasteiger partial charge in [0.1, 0.15) is 23.1 Å². The van der Waals surface area contributed by atoms with Crippen molar-refractivity contribution in [3.8, 4) is 11.3 Å². The third kappa shape index (κ3) is 3.83. The highest BCUT2D eigenvalue weighted by atomic mass is 19.1. The van der Waals surface area contributed by atoms with Crippen molar-refractivity contribution >= 4 is 23.5 Å². The summed E-state index contributed by atoms with van der Waals surface area (Å²) < 4.78 is 43.3. The van der Waals surface area contributed by atoms with Gasteiger partial charge in [-0.25, -0.2) is 27.8 Å². The number of carbonyl (C=O) groups is 1. The molecular formula is C24H22F3N5O2. The van der Waals surface area contributed by atoms with Gasteiger partial charge < -0.3 is 15.3 Å². The number of piperidine rings is 1. The maximum absolute atomic E-state index is 14.7. The fourth-order valence-electron chi connectivity index (χ4n) is 4.38. The zero-order valence-electron chi connectivity index (χ0n) is 18.4. The maximum Gasteiger partial charge on any atom is 0.328 e. The van der Waals surface area contributed by atoms with Crippen LogP contribution in [-0.4, -0.2) is 40.3 Å². The van der Waals surface area contributed by atoms with E-state index in [1.54, 1.807) is 13.0 Å². The Morgan fingerprint density at radius 1 is 1.06 bits per heavy atom. The number of amides is 2. The quantitative estimate of drug-likeness (QED) is 0.601. The van der Waals surface area contributed by atoms with Gasteiger partial charge in [-0.15, -0.1) is 0 Å². The molecule has 2 aliphatic rings. The van der Waals surface area contributed by atoms with Crippen molar-refractivity contribution in [2.75, 3.05) is 22.9 Å². The SMILES string of the molecule is Cc1cc(F)ccc1-c1nc(N2CCC(O)CC2)nc2c1CNC(=O)N2c1c(F)cccc1F. The molecule has 7 nitrogen and oxygen atoms in total. The Labute approximate surface area is 193 Å². The number of aryl methyl sites for hydroxylation is 1. The molecule has 10 heteroatoms. The van der Waals surface area contributed by atoms with Crippen molar-refractivity contribution in [2.24, 2.45) is 0 Å². The summed E-state index contributed by atoms with van der Waals surface area (Å²) in [4.78, 5) is 24.9. The van der Waals surface area contributed by atoms with Crippen LogP contribution in [0.4, 0.5) is 35.4 Å². The normalized spacial score (nSPS) is 16.4. The predicted octanol–water partition coefficient (Wildman–Crippen LogP) is 4.19. The van der Waals surface area contributed by atoms with Crippen LogP contribution in [0.25, 0.3) is 11.3 Å². The summed E-state index contributed by atoms with van der Waals surface area (Å²) in [6.07, 6.45) is 0.595. The number of hydrogen-bond acceptors (Lipinski definition) is 5. The molecule has 2 aromatic carbocycles. The minimum absolute atomic E-state index is 0.0336. The van der Waals surface area contributed by atoms with Crippen LogP contribution < -0.4 is 15.1 Å². The number of aliphatic hydroxyl groups is 1. The Morgan fingerprint density at radius 2 is 1.76 bits per heavy atom. The average Bonchev–Trinajstić information content (AvgIpc) is 2.80. The first-order chi connectivity index (χ1) is 16.3. The van der Waals surface area contributed by atoms with Gasteiger partial charge in [-0.2, -0.15) is 4.98 Å². The largest absolute Gasteiger partial charge is 0.393 e. The van der Waals surface area contributed by atoms with Crippen molar-refractivity contribution in [2.45, 2.75) is 32.4 Å². The number of para-hydroxylation sites is 1. The van der Waals surface area contributed by atoms with Gasteiger partial charge in [-0.05, 0) is 55.7 Å². The fraction of sp³-hybridized carbons (Fsp3) is 0.292. The maximum atomic E-state index is 14.7. The van der Waals surface area contributed by atoms with Crippen LogP contribution in [0.3, 0.4) is 0 Å². The van der Waals surface area contributed by atoms with E-state index in [9.17, 15) is 23.1 Å². The summed E-state index contributed by atoms with van der Waals surface area (Å²) in [7, 11) is 0. The Kier molecular flexibility index (Phi) is 5.60. The lowest BCUT2D eigenvalue weighted by molar-refractivity contribution is 0.145. The highest BCUT2D eigenvalue weighted by Gasteiger charge is 2.35. The van der Waals surface area contributed by atoms with Crippen molar-refractivity contribution in [3.63, 3.8) is 0 Å². The molecule has 0 aliphatic carbocycles. The number of rotatable bonds is 3. The van der Waals surface area contributed by atoms with Crippen molar-refractivity contribution in [1.29, 1.82) is 0 Å². The molecule has 0 saturated carbocycles. The number of anilines is 3. The van der Waals surface area contributed by atoms with E-state index in [4.69, 9.17) is 4.98 Å². The van der Waals surface area contributed by atoms with Crippen molar-refractivity contribution < 1.29 is 23.1 Å². The number of benzene rings is 2. The van der Waals surface area contributed by atoms with Gasteiger partial charge in [0.05, 0.1) is 18.3 Å². The summed E-state index contributed by atoms with van der Waals surface area (Å²) in [5, 5.41) is 12.5. The number of hydrogen-bond donors (Lipinski definition) is 2. The van der Waals surface area contributed by atoms with Crippen LogP contribution in [0.5, 0.6) is 0 Å². The standard InChI is InChI=1S/C24H22F3N5O2/c1-13-11-14(25)5-6-16(13)20-17-12-28-24(34)32(21-18(26)3-2-4-19(21)27)22(17)30-23(29-20)31-9-7-15(33)8-10-31/h2-6,11,15,33H,7-10,12H2,1H3,(H,28,34). The van der Waals surface area contributed by atoms with Crippen LogP contribution in [0.1, 0.15) is 24.0 Å². The van der Waals surface area contributed by atoms with Gasteiger partial charge in [0.2, 0.25) is 5.95 Å². The number of fused-ring (bicyclic) bond motifs is 1. The molecule has 2 aliphatic heterocycles. The molecule has 5 rings (SSSR count). The summed E-state index contributed by atoms with van der Waals surface area (Å²) in [6, 6.07) is 6.89. The molecule has 34 heavy (non-hydrogen) atoms. The molecule has 0 radical (unpaired) electrons. The van der Waals surface area contributed by atoms with Gasteiger partial charge in [-0.3, -0.25) is 0 Å². The number of aliphatic hydroxyl groups excluding tert-OH is 1. The van der Waals surface area contributed by atoms with E-state index in [0.717, 1.165) is 17.0 Å². The number of nitrogens with zero attached hydrogens (tertiary/aromatic N) is 4. The smallest absolute Gasteiger partial charge is 0.328 e. The Morgan fingerprint density at radius 3 is 2.44 bits per heavy atom. The third-order valence-electron chi connectivity index (χ3n) is 6.16. The molecule has 1 fully saturated rings. The highest BCUT2D eigenvalue weighted by molar-refractivity contribution is 6.02. The third-order valence-corrected chi connectivity index (χ3v) is 6.16. The van der Waals surface area contributed by atoms with E-state index in [1.807, 2.05) is 4.90 Å². The van der Waals surface area contributed by atoms with Gasteiger partial charge >= 0.3 is 6.03 Å². The minimum atomic E-state index is -0.913. The summed E-state index contributed by atoms with van der Waals surface area (Å²) in [6.45, 7) is 2.72. The topological polar surface area (TPSA) is 81.6 Å². The molecule has 3 heterocycles. The van der Waals surface area contributed by atoms with E-state index < -0.39 is 35.3 Å². The summed E-state index contributed by atoms with van der Waals surface area (Å²) in [5.41, 5.74) is 1.58. The summed E-state index contributed by atoms with van der Waals surface area (Å²) >= 11 is 0.